The van der Waals surface area contributed by atoms with Crippen molar-refractivity contribution in [2.75, 3.05) is 42.6 Å². The van der Waals surface area contributed by atoms with Crippen LogP contribution in [0, 0.1) is 5.92 Å². The number of urea groups is 1. The number of rotatable bonds is 16. The summed E-state index contributed by atoms with van der Waals surface area (Å²) in [4.78, 5) is 49.1. The van der Waals surface area contributed by atoms with Crippen molar-refractivity contribution in [3.05, 3.63) is 34.9 Å². The summed E-state index contributed by atoms with van der Waals surface area (Å²) in [5, 5.41) is 11.1. The summed E-state index contributed by atoms with van der Waals surface area (Å²) in [6.07, 6.45) is 0.275. The molecule has 0 aromatic heterocycles. The molecule has 0 aliphatic carbocycles. The zero-order valence-corrected chi connectivity index (χ0v) is 22.3. The molecule has 198 valence electrons. The molecule has 1 rings (SSSR count). The quantitative estimate of drug-likeness (QED) is 0.245. The number of carbonyl (C=O) groups is 4. The molecule has 0 fully saturated rings. The predicted molar refractivity (Wildman–Crippen MR) is 150 cm³/mol. The molecule has 8 nitrogen and oxygen atoms in total. The first-order valence-corrected chi connectivity index (χ1v) is 14.0. The molecule has 0 bridgehead atoms. The van der Waals surface area contributed by atoms with Gasteiger partial charge in [0, 0.05) is 66.9 Å². The highest BCUT2D eigenvalue weighted by atomic mass is 32.2. The van der Waals surface area contributed by atoms with Gasteiger partial charge in [-0.2, -0.15) is 23.5 Å². The Morgan fingerprint density at radius 2 is 1.32 bits per heavy atom. The molecule has 0 spiro atoms. The molecule has 1 aromatic carbocycles. The van der Waals surface area contributed by atoms with E-state index in [4.69, 9.17) is 0 Å². The van der Waals surface area contributed by atoms with E-state index in [-0.39, 0.29) is 48.7 Å². The van der Waals surface area contributed by atoms with Crippen LogP contribution in [-0.4, -0.2) is 66.3 Å². The van der Waals surface area contributed by atoms with Crippen molar-refractivity contribution in [2.24, 2.45) is 5.92 Å². The maximum Gasteiger partial charge on any atom is 0.315 e. The minimum absolute atomic E-state index is 0. The van der Waals surface area contributed by atoms with E-state index in [0.717, 1.165) is 23.0 Å². The van der Waals surface area contributed by atoms with E-state index >= 15 is 0 Å². The lowest BCUT2D eigenvalue weighted by Crippen LogP contribution is -2.36. The first kappa shape index (κ1) is 29.8. The average molecular weight is 519 g/mol. The SMILES string of the molecule is CCSCCNC(=O)c1cc(CNC(=O)NCCC(=O)C(C)C)cc(C(=O)NCCSCC)c1.[HH].[HH].[HH].[HH]. The van der Waals surface area contributed by atoms with Gasteiger partial charge in [-0.05, 0) is 35.3 Å². The van der Waals surface area contributed by atoms with Crippen LogP contribution in [-0.2, 0) is 11.3 Å². The number of thioether (sulfide) groups is 2. The zero-order valence-electron chi connectivity index (χ0n) is 20.6. The molecule has 10 heteroatoms. The molecule has 0 aliphatic rings. The lowest BCUT2D eigenvalue weighted by Gasteiger charge is -2.12. The van der Waals surface area contributed by atoms with E-state index in [9.17, 15) is 19.2 Å². The Balaban J connectivity index is -0.00000144. The van der Waals surface area contributed by atoms with Crippen molar-refractivity contribution < 1.29 is 24.9 Å². The zero-order chi connectivity index (χ0) is 25.3. The predicted octanol–water partition coefficient (Wildman–Crippen LogP) is 4.05. The van der Waals surface area contributed by atoms with Crippen molar-refractivity contribution in [1.29, 1.82) is 0 Å². The maximum atomic E-state index is 12.6. The second-order valence-corrected chi connectivity index (χ2v) is 10.6. The Morgan fingerprint density at radius 1 is 0.794 bits per heavy atom. The third-order valence-electron chi connectivity index (χ3n) is 4.74. The smallest absolute Gasteiger partial charge is 0.315 e. The number of ketones is 1. The second-order valence-electron chi connectivity index (χ2n) is 7.80. The summed E-state index contributed by atoms with van der Waals surface area (Å²) in [7, 11) is 0. The first-order chi connectivity index (χ1) is 16.3. The normalized spacial score (nSPS) is 10.6. The van der Waals surface area contributed by atoms with Crippen LogP contribution in [0.1, 0.15) is 66.1 Å². The van der Waals surface area contributed by atoms with Gasteiger partial charge in [0.25, 0.3) is 11.8 Å². The molecule has 0 saturated heterocycles. The highest BCUT2D eigenvalue weighted by molar-refractivity contribution is 7.99. The average Bonchev–Trinajstić information content (AvgIpc) is 2.82. The van der Waals surface area contributed by atoms with Crippen LogP contribution in [0.25, 0.3) is 0 Å². The van der Waals surface area contributed by atoms with Crippen molar-refractivity contribution in [2.45, 2.75) is 40.7 Å². The van der Waals surface area contributed by atoms with Gasteiger partial charge in [0.05, 0.1) is 0 Å². The minimum atomic E-state index is -0.411. The molecule has 34 heavy (non-hydrogen) atoms. The molecule has 0 saturated carbocycles. The van der Waals surface area contributed by atoms with E-state index in [1.54, 1.807) is 41.7 Å². The molecule has 0 heterocycles. The van der Waals surface area contributed by atoms with Crippen LogP contribution in [0.5, 0.6) is 0 Å². The van der Waals surface area contributed by atoms with Crippen LogP contribution < -0.4 is 21.3 Å². The summed E-state index contributed by atoms with van der Waals surface area (Å²) >= 11 is 3.47. The highest BCUT2D eigenvalue weighted by Crippen LogP contribution is 2.12. The van der Waals surface area contributed by atoms with Crippen LogP contribution in [0.4, 0.5) is 4.79 Å². The fraction of sp³-hybridized carbons (Fsp3) is 0.583. The number of hydrogen-bond donors (Lipinski definition) is 4. The fourth-order valence-electron chi connectivity index (χ4n) is 2.86. The summed E-state index contributed by atoms with van der Waals surface area (Å²) < 4.78 is 0. The summed E-state index contributed by atoms with van der Waals surface area (Å²) in [5.74, 6) is 3.08. The van der Waals surface area contributed by atoms with E-state index < -0.39 is 6.03 Å². The number of nitrogens with one attached hydrogen (secondary N) is 4. The standard InChI is InChI=1S/C24H38N4O4S2.4H2/c1-5-33-11-9-25-22(30)19-13-18(14-20(15-19)23(31)26-10-12-34-6-2)16-28-24(32)27-8-7-21(29)17(3)4;;;;/h13-15,17H,5-12,16H2,1-4H3,(H,25,30)(H,26,31)(H2,27,28,32);4*1H. The highest BCUT2D eigenvalue weighted by Gasteiger charge is 2.14. The van der Waals surface area contributed by atoms with Gasteiger partial charge in [0.15, 0.2) is 0 Å². The molecule has 0 aliphatic heterocycles. The number of carbonyl (C=O) groups excluding carboxylic acids is 4. The van der Waals surface area contributed by atoms with E-state index in [1.165, 1.54) is 0 Å². The van der Waals surface area contributed by atoms with Crippen molar-refractivity contribution in [1.82, 2.24) is 21.3 Å². The van der Waals surface area contributed by atoms with Gasteiger partial charge in [0.1, 0.15) is 5.78 Å². The Morgan fingerprint density at radius 3 is 1.79 bits per heavy atom. The summed E-state index contributed by atoms with van der Waals surface area (Å²) in [6.45, 7) is 9.24. The molecule has 0 atom stereocenters. The molecular weight excluding hydrogens is 472 g/mol. The Kier molecular flexibility index (Phi) is 15.1. The lowest BCUT2D eigenvalue weighted by molar-refractivity contribution is -0.121. The van der Waals surface area contributed by atoms with Crippen molar-refractivity contribution >= 4 is 47.2 Å². The van der Waals surface area contributed by atoms with Crippen molar-refractivity contribution in [3.63, 3.8) is 0 Å². The molecule has 4 N–H and O–H groups in total. The van der Waals surface area contributed by atoms with Gasteiger partial charge in [-0.25, -0.2) is 4.79 Å². The lowest BCUT2D eigenvalue weighted by atomic mass is 10.0. The van der Waals surface area contributed by atoms with E-state index in [0.29, 0.717) is 29.8 Å². The van der Waals surface area contributed by atoms with Gasteiger partial charge >= 0.3 is 6.03 Å². The Hall–Kier alpha value is -2.20. The van der Waals surface area contributed by atoms with Crippen LogP contribution in [0.2, 0.25) is 0 Å². The second kappa shape index (κ2) is 17.3. The third kappa shape index (κ3) is 12.3. The number of amides is 4. The van der Waals surface area contributed by atoms with Gasteiger partial charge in [0.2, 0.25) is 0 Å². The van der Waals surface area contributed by atoms with Crippen LogP contribution >= 0.6 is 23.5 Å². The van der Waals surface area contributed by atoms with Crippen molar-refractivity contribution in [3.8, 4) is 0 Å². The Bertz CT molecular complexity index is 794. The number of benzene rings is 1. The number of hydrogen-bond acceptors (Lipinski definition) is 6. The molecule has 0 radical (unpaired) electrons. The largest absolute Gasteiger partial charge is 0.351 e. The van der Waals surface area contributed by atoms with Crippen LogP contribution in [0.15, 0.2) is 18.2 Å². The topological polar surface area (TPSA) is 116 Å². The summed E-state index contributed by atoms with van der Waals surface area (Å²) in [6, 6.07) is 4.51. The van der Waals surface area contributed by atoms with Gasteiger partial charge < -0.3 is 21.3 Å². The molecule has 1 aromatic rings. The van der Waals surface area contributed by atoms with Gasteiger partial charge in [-0.15, -0.1) is 0 Å². The van der Waals surface area contributed by atoms with E-state index in [2.05, 4.69) is 35.1 Å². The van der Waals surface area contributed by atoms with Gasteiger partial charge in [-0.3, -0.25) is 14.4 Å². The molecule has 0 unspecified atom stereocenters. The third-order valence-corrected chi connectivity index (χ3v) is 6.55. The number of Topliss-reactive ketones (excluding diaryl/α,β-unsaturated/α-hetero) is 1. The van der Waals surface area contributed by atoms with E-state index in [1.807, 2.05) is 13.8 Å². The maximum absolute atomic E-state index is 12.6. The Labute approximate surface area is 217 Å². The van der Waals surface area contributed by atoms with Gasteiger partial charge in [-0.1, -0.05) is 27.7 Å². The first-order valence-electron chi connectivity index (χ1n) is 11.7. The van der Waals surface area contributed by atoms with Crippen LogP contribution in [0.3, 0.4) is 0 Å². The minimum Gasteiger partial charge on any atom is -0.351 e. The molecular formula is C24H46N4O4S2. The molecule has 4 amide bonds. The fourth-order valence-corrected chi connectivity index (χ4v) is 3.93. The monoisotopic (exact) mass is 518 g/mol. The summed E-state index contributed by atoms with van der Waals surface area (Å²) in [5.41, 5.74) is 1.38.